The van der Waals surface area contributed by atoms with Crippen LogP contribution in [-0.4, -0.2) is 16.5 Å². The van der Waals surface area contributed by atoms with E-state index in [4.69, 9.17) is 0 Å². The van der Waals surface area contributed by atoms with Crippen molar-refractivity contribution in [2.24, 2.45) is 0 Å². The third kappa shape index (κ3) is 2.46. The number of rotatable bonds is 3. The van der Waals surface area contributed by atoms with Gasteiger partial charge in [0.2, 0.25) is 0 Å². The van der Waals surface area contributed by atoms with Gasteiger partial charge in [-0.2, -0.15) is 0 Å². The van der Waals surface area contributed by atoms with E-state index in [0.717, 1.165) is 12.2 Å². The molecule has 2 rings (SSSR count). The fraction of sp³-hybridized carbons (Fsp3) is 0.231. The van der Waals surface area contributed by atoms with Crippen molar-refractivity contribution in [3.63, 3.8) is 0 Å². The Morgan fingerprint density at radius 2 is 2.00 bits per heavy atom. The second-order valence-electron chi connectivity index (χ2n) is 3.95. The van der Waals surface area contributed by atoms with Crippen molar-refractivity contribution in [1.82, 2.24) is 9.97 Å². The van der Waals surface area contributed by atoms with Crippen molar-refractivity contribution < 1.29 is 0 Å². The van der Waals surface area contributed by atoms with Gasteiger partial charge in [-0.3, -0.25) is 4.79 Å². The topological polar surface area (TPSA) is 49.0 Å². The van der Waals surface area contributed by atoms with Gasteiger partial charge in [0.1, 0.15) is 4.47 Å². The van der Waals surface area contributed by atoms with Crippen LogP contribution in [0.3, 0.4) is 0 Å². The fourth-order valence-electron chi connectivity index (χ4n) is 1.74. The van der Waals surface area contributed by atoms with Gasteiger partial charge in [-0.1, -0.05) is 17.7 Å². The van der Waals surface area contributed by atoms with Crippen LogP contribution in [-0.2, 0) is 0 Å². The van der Waals surface area contributed by atoms with Crippen LogP contribution < -0.4 is 10.5 Å². The predicted octanol–water partition coefficient (Wildman–Crippen LogP) is 3.00. The Morgan fingerprint density at radius 3 is 2.61 bits per heavy atom. The third-order valence-corrected chi connectivity index (χ3v) is 3.41. The number of halogens is 1. The van der Waals surface area contributed by atoms with Crippen LogP contribution in [0.4, 0.5) is 11.5 Å². The molecule has 0 fully saturated rings. The van der Waals surface area contributed by atoms with Crippen LogP contribution in [0, 0.1) is 6.92 Å². The summed E-state index contributed by atoms with van der Waals surface area (Å²) in [7, 11) is 0. The van der Waals surface area contributed by atoms with Crippen LogP contribution >= 0.6 is 15.9 Å². The van der Waals surface area contributed by atoms with Gasteiger partial charge >= 0.3 is 0 Å². The minimum absolute atomic E-state index is 0.175. The number of nitrogens with zero attached hydrogens (tertiary/aromatic N) is 2. The average molecular weight is 308 g/mol. The van der Waals surface area contributed by atoms with Crippen LogP contribution in [0.1, 0.15) is 12.5 Å². The number of hydrogen-bond acceptors (Lipinski definition) is 3. The lowest BCUT2D eigenvalue weighted by Gasteiger charge is -2.22. The lowest BCUT2D eigenvalue weighted by molar-refractivity contribution is 0.958. The molecule has 0 aliphatic rings. The standard InChI is InChI=1S/C13H14BrN3O/c1-3-17(10-6-4-9(2)5-7-10)12-11(14)13(18)16-8-15-12/h4-8H,3H2,1-2H3,(H,15,16,18). The first-order valence-corrected chi connectivity index (χ1v) is 6.50. The maximum Gasteiger partial charge on any atom is 0.267 e. The summed E-state index contributed by atoms with van der Waals surface area (Å²) in [6.45, 7) is 4.80. The molecule has 1 aromatic heterocycles. The molecule has 4 nitrogen and oxygen atoms in total. The molecular weight excluding hydrogens is 294 g/mol. The van der Waals surface area contributed by atoms with Crippen molar-refractivity contribution in [2.45, 2.75) is 13.8 Å². The number of nitrogens with one attached hydrogen (secondary N) is 1. The van der Waals surface area contributed by atoms with Gasteiger partial charge in [0.05, 0.1) is 6.33 Å². The van der Waals surface area contributed by atoms with Gasteiger partial charge in [-0.25, -0.2) is 4.98 Å². The van der Waals surface area contributed by atoms with Gasteiger partial charge in [0.25, 0.3) is 5.56 Å². The molecule has 0 saturated carbocycles. The fourth-order valence-corrected chi connectivity index (χ4v) is 2.17. The van der Waals surface area contributed by atoms with E-state index in [2.05, 4.69) is 25.9 Å². The summed E-state index contributed by atoms with van der Waals surface area (Å²) in [6, 6.07) is 8.13. The molecule has 18 heavy (non-hydrogen) atoms. The average Bonchev–Trinajstić information content (AvgIpc) is 2.37. The Labute approximate surface area is 114 Å². The zero-order valence-electron chi connectivity index (χ0n) is 10.3. The zero-order chi connectivity index (χ0) is 13.1. The van der Waals surface area contributed by atoms with E-state index in [0.29, 0.717) is 10.3 Å². The second kappa shape index (κ2) is 5.35. The van der Waals surface area contributed by atoms with E-state index in [1.165, 1.54) is 11.9 Å². The van der Waals surface area contributed by atoms with Gasteiger partial charge in [-0.05, 0) is 41.9 Å². The second-order valence-corrected chi connectivity index (χ2v) is 4.74. The third-order valence-electron chi connectivity index (χ3n) is 2.70. The lowest BCUT2D eigenvalue weighted by Crippen LogP contribution is -2.21. The normalized spacial score (nSPS) is 10.4. The van der Waals surface area contributed by atoms with E-state index in [-0.39, 0.29) is 5.56 Å². The van der Waals surface area contributed by atoms with Gasteiger partial charge in [0, 0.05) is 12.2 Å². The number of aryl methyl sites for hydroxylation is 1. The maximum absolute atomic E-state index is 11.6. The summed E-state index contributed by atoms with van der Waals surface area (Å²) < 4.78 is 0.451. The Morgan fingerprint density at radius 1 is 1.33 bits per heavy atom. The molecule has 2 aromatic rings. The molecular formula is C13H14BrN3O. The minimum Gasteiger partial charge on any atom is -0.326 e. The monoisotopic (exact) mass is 307 g/mol. The number of benzene rings is 1. The van der Waals surface area contributed by atoms with Gasteiger partial charge in [-0.15, -0.1) is 0 Å². The van der Waals surface area contributed by atoms with Gasteiger partial charge in [0.15, 0.2) is 5.82 Å². The van der Waals surface area contributed by atoms with Crippen molar-refractivity contribution >= 4 is 27.4 Å². The lowest BCUT2D eigenvalue weighted by atomic mass is 10.2. The van der Waals surface area contributed by atoms with E-state index in [1.807, 2.05) is 43.0 Å². The molecule has 1 heterocycles. The molecule has 0 bridgehead atoms. The highest BCUT2D eigenvalue weighted by Crippen LogP contribution is 2.27. The largest absolute Gasteiger partial charge is 0.326 e. The Balaban J connectivity index is 2.48. The van der Waals surface area contributed by atoms with Crippen LogP contribution in [0.5, 0.6) is 0 Å². The highest BCUT2D eigenvalue weighted by atomic mass is 79.9. The van der Waals surface area contributed by atoms with E-state index in [1.54, 1.807) is 0 Å². The summed E-state index contributed by atoms with van der Waals surface area (Å²) >= 11 is 3.29. The molecule has 5 heteroatoms. The van der Waals surface area contributed by atoms with Crippen LogP contribution in [0.15, 0.2) is 39.9 Å². The number of hydrogen-bond donors (Lipinski definition) is 1. The van der Waals surface area contributed by atoms with Crippen molar-refractivity contribution in [3.05, 3.63) is 51.0 Å². The smallest absolute Gasteiger partial charge is 0.267 e. The molecule has 0 spiro atoms. The molecule has 0 unspecified atom stereocenters. The Hall–Kier alpha value is -1.62. The van der Waals surface area contributed by atoms with Crippen LogP contribution in [0.25, 0.3) is 0 Å². The summed E-state index contributed by atoms with van der Waals surface area (Å²) in [5.74, 6) is 0.630. The molecule has 0 radical (unpaired) electrons. The quantitative estimate of drug-likeness (QED) is 0.948. The van der Waals surface area contributed by atoms with Crippen molar-refractivity contribution in [3.8, 4) is 0 Å². The highest BCUT2D eigenvalue weighted by Gasteiger charge is 2.14. The van der Waals surface area contributed by atoms with Gasteiger partial charge < -0.3 is 9.88 Å². The summed E-state index contributed by atoms with van der Waals surface area (Å²) in [4.78, 5) is 20.3. The first-order chi connectivity index (χ1) is 8.63. The zero-order valence-corrected chi connectivity index (χ0v) is 11.9. The molecule has 1 aromatic carbocycles. The molecule has 0 atom stereocenters. The summed E-state index contributed by atoms with van der Waals surface area (Å²) in [5.41, 5.74) is 2.04. The molecule has 0 aliphatic heterocycles. The van der Waals surface area contributed by atoms with Crippen molar-refractivity contribution in [1.29, 1.82) is 0 Å². The van der Waals surface area contributed by atoms with E-state index < -0.39 is 0 Å². The SMILES string of the molecule is CCN(c1ccc(C)cc1)c1nc[nH]c(=O)c1Br. The first-order valence-electron chi connectivity index (χ1n) is 5.71. The first kappa shape index (κ1) is 12.8. The molecule has 94 valence electrons. The summed E-state index contributed by atoms with van der Waals surface area (Å²) in [5, 5.41) is 0. The predicted molar refractivity (Wildman–Crippen MR) is 76.4 cm³/mol. The minimum atomic E-state index is -0.175. The maximum atomic E-state index is 11.6. The van der Waals surface area contributed by atoms with E-state index >= 15 is 0 Å². The van der Waals surface area contributed by atoms with E-state index in [9.17, 15) is 4.79 Å². The number of aromatic amines is 1. The Bertz CT molecular complexity index is 592. The molecule has 0 saturated heterocycles. The number of aromatic nitrogens is 2. The molecule has 0 amide bonds. The van der Waals surface area contributed by atoms with Crippen LogP contribution in [0.2, 0.25) is 0 Å². The highest BCUT2D eigenvalue weighted by molar-refractivity contribution is 9.10. The summed E-state index contributed by atoms with van der Waals surface area (Å²) in [6.07, 6.45) is 1.42. The Kier molecular flexibility index (Phi) is 3.81. The number of H-pyrrole nitrogens is 1. The van der Waals surface area contributed by atoms with Crippen molar-refractivity contribution in [2.75, 3.05) is 11.4 Å². The molecule has 1 N–H and O–H groups in total. The number of anilines is 2. The molecule has 0 aliphatic carbocycles.